The van der Waals surface area contributed by atoms with Gasteiger partial charge >= 0.3 is 5.97 Å². The summed E-state index contributed by atoms with van der Waals surface area (Å²) in [6.07, 6.45) is 0.712. The first-order chi connectivity index (χ1) is 15.1. The normalized spacial score (nSPS) is 12.1. The first-order valence-corrected chi connectivity index (χ1v) is 17.7. The molecule has 0 saturated heterocycles. The van der Waals surface area contributed by atoms with Crippen LogP contribution in [0, 0.1) is 0 Å². The second-order valence-corrected chi connectivity index (χ2v) is 17.3. The van der Waals surface area contributed by atoms with Gasteiger partial charge in [-0.25, -0.2) is 4.79 Å². The molecular formula is C24H34O5Si3. The average molecular weight is 487 g/mol. The molecule has 0 atom stereocenters. The van der Waals surface area contributed by atoms with Crippen LogP contribution in [0.15, 0.2) is 72.8 Å². The standard InChI is InChI=1S/C24H34O5Si3/c1-20(2)23(25)26-18-13-19-30-27-24(28-31(3,4)21-14-9-7-10-15-21)29-32(5,6)22-16-11-8-12-17-22/h7-12,14-17,24H,1,13,18-19H2,2-6H3. The SMILES string of the molecule is C=C(C)C(=O)OCCC[Si]OC(O[Si](C)(C)c1ccccc1)O[Si](C)(C)c1ccccc1. The van der Waals surface area contributed by atoms with Gasteiger partial charge in [0.25, 0.3) is 0 Å². The van der Waals surface area contributed by atoms with E-state index in [1.165, 1.54) is 10.4 Å². The Balaban J connectivity index is 2.01. The summed E-state index contributed by atoms with van der Waals surface area (Å²) in [5.41, 5.74) is 0.409. The van der Waals surface area contributed by atoms with E-state index in [2.05, 4.69) is 57.0 Å². The fourth-order valence-electron chi connectivity index (χ4n) is 2.93. The summed E-state index contributed by atoms with van der Waals surface area (Å²) in [4.78, 5) is 11.5. The highest BCUT2D eigenvalue weighted by Crippen LogP contribution is 2.16. The van der Waals surface area contributed by atoms with Crippen LogP contribution in [-0.2, 0) is 22.8 Å². The highest BCUT2D eigenvalue weighted by molar-refractivity contribution is 6.85. The van der Waals surface area contributed by atoms with Crippen molar-refractivity contribution in [2.75, 3.05) is 6.61 Å². The quantitative estimate of drug-likeness (QED) is 0.140. The van der Waals surface area contributed by atoms with Crippen LogP contribution >= 0.6 is 0 Å². The highest BCUT2D eigenvalue weighted by Gasteiger charge is 2.35. The topological polar surface area (TPSA) is 54.0 Å². The summed E-state index contributed by atoms with van der Waals surface area (Å²) in [7, 11) is -4.32. The Bertz CT molecular complexity index is 803. The van der Waals surface area contributed by atoms with Crippen molar-refractivity contribution in [3.8, 4) is 0 Å². The average Bonchev–Trinajstić information content (AvgIpc) is 2.76. The van der Waals surface area contributed by atoms with E-state index in [4.69, 9.17) is 18.0 Å². The molecule has 8 heteroatoms. The minimum absolute atomic E-state index is 0.178. The van der Waals surface area contributed by atoms with Crippen molar-refractivity contribution < 1.29 is 22.8 Å². The van der Waals surface area contributed by atoms with Crippen molar-refractivity contribution in [2.45, 2.75) is 52.1 Å². The van der Waals surface area contributed by atoms with Crippen LogP contribution in [0.2, 0.25) is 32.2 Å². The van der Waals surface area contributed by atoms with Crippen molar-refractivity contribution in [1.82, 2.24) is 0 Å². The third-order valence-corrected chi connectivity index (χ3v) is 10.8. The highest BCUT2D eigenvalue weighted by atomic mass is 28.4. The molecule has 0 spiro atoms. The van der Waals surface area contributed by atoms with Crippen molar-refractivity contribution >= 4 is 42.7 Å². The molecule has 0 saturated carbocycles. The van der Waals surface area contributed by atoms with E-state index < -0.39 is 23.1 Å². The van der Waals surface area contributed by atoms with Crippen LogP contribution in [0.4, 0.5) is 0 Å². The van der Waals surface area contributed by atoms with Crippen LogP contribution in [0.1, 0.15) is 13.3 Å². The summed E-state index contributed by atoms with van der Waals surface area (Å²) in [6.45, 7) is 13.4. The van der Waals surface area contributed by atoms with E-state index in [9.17, 15) is 4.79 Å². The molecule has 0 amide bonds. The maximum Gasteiger partial charge on any atom is 0.333 e. The lowest BCUT2D eigenvalue weighted by molar-refractivity contribution is -0.150. The van der Waals surface area contributed by atoms with E-state index in [0.29, 0.717) is 18.6 Å². The van der Waals surface area contributed by atoms with E-state index in [1.807, 2.05) is 36.4 Å². The second-order valence-electron chi connectivity index (χ2n) is 8.56. The van der Waals surface area contributed by atoms with Crippen LogP contribution in [0.3, 0.4) is 0 Å². The van der Waals surface area contributed by atoms with E-state index in [-0.39, 0.29) is 15.7 Å². The zero-order valence-electron chi connectivity index (χ0n) is 19.7. The Kier molecular flexibility index (Phi) is 10.3. The second kappa shape index (κ2) is 12.4. The van der Waals surface area contributed by atoms with Crippen LogP contribution < -0.4 is 10.4 Å². The molecule has 0 heterocycles. The first-order valence-electron chi connectivity index (χ1n) is 10.8. The third-order valence-electron chi connectivity index (χ3n) is 4.90. The van der Waals surface area contributed by atoms with Gasteiger partial charge in [0.2, 0.25) is 32.9 Å². The van der Waals surface area contributed by atoms with Gasteiger partial charge in [-0.15, -0.1) is 0 Å². The molecule has 2 aromatic carbocycles. The van der Waals surface area contributed by atoms with Gasteiger partial charge in [-0.2, -0.15) is 0 Å². The van der Waals surface area contributed by atoms with Crippen molar-refractivity contribution in [3.63, 3.8) is 0 Å². The maximum absolute atomic E-state index is 11.5. The number of ether oxygens (including phenoxy) is 1. The van der Waals surface area contributed by atoms with Crippen molar-refractivity contribution in [1.29, 1.82) is 0 Å². The van der Waals surface area contributed by atoms with Gasteiger partial charge in [-0.3, -0.25) is 0 Å². The Hall–Kier alpha value is -1.82. The number of carbonyl (C=O) groups excluding carboxylic acids is 1. The largest absolute Gasteiger partial charge is 0.462 e. The van der Waals surface area contributed by atoms with E-state index in [0.717, 1.165) is 6.04 Å². The molecule has 0 bridgehead atoms. The van der Waals surface area contributed by atoms with Crippen LogP contribution in [-0.4, -0.2) is 45.5 Å². The maximum atomic E-state index is 11.5. The molecule has 2 radical (unpaired) electrons. The van der Waals surface area contributed by atoms with Gasteiger partial charge in [0.1, 0.15) is 0 Å². The fraction of sp³-hybridized carbons (Fsp3) is 0.375. The number of carbonyl (C=O) groups is 1. The van der Waals surface area contributed by atoms with Gasteiger partial charge in [0.05, 0.1) is 6.61 Å². The lowest BCUT2D eigenvalue weighted by Crippen LogP contribution is -2.54. The molecule has 0 fully saturated rings. The minimum Gasteiger partial charge on any atom is -0.462 e. The number of rotatable bonds is 13. The molecule has 0 unspecified atom stereocenters. The molecule has 0 aromatic heterocycles. The summed E-state index contributed by atoms with van der Waals surface area (Å²) in [6, 6.07) is 21.3. The minimum atomic E-state index is -2.25. The summed E-state index contributed by atoms with van der Waals surface area (Å²) >= 11 is 0. The van der Waals surface area contributed by atoms with Gasteiger partial charge in [0.15, 0.2) is 0 Å². The molecule has 0 aliphatic heterocycles. The molecule has 2 aromatic rings. The molecule has 0 aliphatic carbocycles. The number of benzene rings is 2. The lowest BCUT2D eigenvalue weighted by atomic mass is 10.4. The summed E-state index contributed by atoms with van der Waals surface area (Å²) in [5.74, 6) is -0.356. The Morgan fingerprint density at radius 3 is 1.81 bits per heavy atom. The van der Waals surface area contributed by atoms with Crippen LogP contribution in [0.5, 0.6) is 0 Å². The monoisotopic (exact) mass is 486 g/mol. The zero-order valence-corrected chi connectivity index (χ0v) is 22.7. The van der Waals surface area contributed by atoms with E-state index >= 15 is 0 Å². The van der Waals surface area contributed by atoms with Crippen LogP contribution in [0.25, 0.3) is 0 Å². The Morgan fingerprint density at radius 1 is 0.906 bits per heavy atom. The number of esters is 1. The smallest absolute Gasteiger partial charge is 0.333 e. The van der Waals surface area contributed by atoms with Gasteiger partial charge in [-0.05, 0) is 56.0 Å². The van der Waals surface area contributed by atoms with E-state index in [1.54, 1.807) is 6.92 Å². The Labute approximate surface area is 197 Å². The third kappa shape index (κ3) is 8.61. The fourth-order valence-corrected chi connectivity index (χ4v) is 7.27. The molecule has 32 heavy (non-hydrogen) atoms. The molecular weight excluding hydrogens is 453 g/mol. The number of hydrogen-bond acceptors (Lipinski definition) is 5. The summed E-state index contributed by atoms with van der Waals surface area (Å²) in [5, 5.41) is 2.37. The Morgan fingerprint density at radius 2 is 1.38 bits per heavy atom. The molecule has 5 nitrogen and oxygen atoms in total. The molecule has 0 aliphatic rings. The first kappa shape index (κ1) is 26.4. The van der Waals surface area contributed by atoms with Gasteiger partial charge < -0.3 is 18.0 Å². The molecule has 172 valence electrons. The lowest BCUT2D eigenvalue weighted by Gasteiger charge is -2.34. The van der Waals surface area contributed by atoms with Gasteiger partial charge in [-0.1, -0.05) is 67.2 Å². The molecule has 2 rings (SSSR count). The van der Waals surface area contributed by atoms with Gasteiger partial charge in [0, 0.05) is 5.57 Å². The summed E-state index contributed by atoms with van der Waals surface area (Å²) < 4.78 is 24.2. The van der Waals surface area contributed by atoms with Crippen molar-refractivity contribution in [2.24, 2.45) is 0 Å². The zero-order chi connectivity index (χ0) is 23.6. The predicted octanol–water partition coefficient (Wildman–Crippen LogP) is 4.09. The van der Waals surface area contributed by atoms with Crippen molar-refractivity contribution in [3.05, 3.63) is 72.8 Å². The number of hydrogen-bond donors (Lipinski definition) is 0. The predicted molar refractivity (Wildman–Crippen MR) is 135 cm³/mol. The molecule has 0 N–H and O–H groups in total.